The molecule has 3 nitrogen and oxygen atoms in total. The van der Waals surface area contributed by atoms with Crippen molar-refractivity contribution in [2.24, 2.45) is 0 Å². The van der Waals surface area contributed by atoms with Gasteiger partial charge in [0.2, 0.25) is 0 Å². The molecule has 28 heavy (non-hydrogen) atoms. The largest absolute Gasteiger partial charge is 0.388 e. The first-order chi connectivity index (χ1) is 13.7. The average Bonchev–Trinajstić information content (AvgIpc) is 3.22. The molecule has 3 aromatic carbocycles. The summed E-state index contributed by atoms with van der Waals surface area (Å²) in [6.07, 6.45) is 2.75. The third-order valence-corrected chi connectivity index (χ3v) is 5.76. The molecular weight excluding hydrogens is 344 g/mol. The van der Waals surface area contributed by atoms with E-state index in [0.29, 0.717) is 6.42 Å². The molecule has 0 amide bonds. The maximum Gasteiger partial charge on any atom is 0.189 e. The van der Waals surface area contributed by atoms with Crippen molar-refractivity contribution in [2.45, 2.75) is 19.9 Å². The number of hydrogen-bond acceptors (Lipinski definition) is 2. The Morgan fingerprint density at radius 3 is 2.64 bits per heavy atom. The maximum atomic E-state index is 12.8. The normalized spacial score (nSPS) is 14.9. The Balaban J connectivity index is 1.61. The van der Waals surface area contributed by atoms with E-state index in [1.54, 1.807) is 0 Å². The van der Waals surface area contributed by atoms with Crippen molar-refractivity contribution in [3.8, 4) is 0 Å². The van der Waals surface area contributed by atoms with Crippen LogP contribution in [0.1, 0.15) is 28.4 Å². The fourth-order valence-corrected chi connectivity index (χ4v) is 4.39. The van der Waals surface area contributed by atoms with Gasteiger partial charge in [0.25, 0.3) is 0 Å². The van der Waals surface area contributed by atoms with Gasteiger partial charge in [0, 0.05) is 58.6 Å². The Labute approximate surface area is 164 Å². The lowest BCUT2D eigenvalue weighted by Gasteiger charge is -2.03. The van der Waals surface area contributed by atoms with Gasteiger partial charge in [-0.2, -0.15) is 0 Å². The number of rotatable bonds is 3. The van der Waals surface area contributed by atoms with Gasteiger partial charge >= 0.3 is 0 Å². The number of nitrogens with zero attached hydrogens (tertiary/aromatic N) is 1. The van der Waals surface area contributed by atoms with Gasteiger partial charge in [0.05, 0.1) is 0 Å². The third-order valence-electron chi connectivity index (χ3n) is 5.76. The molecule has 5 rings (SSSR count). The second kappa shape index (κ2) is 6.38. The molecule has 1 aromatic heterocycles. The molecule has 1 aliphatic carbocycles. The van der Waals surface area contributed by atoms with Crippen LogP contribution in [-0.2, 0) is 13.0 Å². The number of para-hydroxylation sites is 1. The lowest BCUT2D eigenvalue weighted by atomic mass is 10.0. The van der Waals surface area contributed by atoms with Crippen molar-refractivity contribution in [3.05, 3.63) is 82.9 Å². The van der Waals surface area contributed by atoms with E-state index in [1.165, 1.54) is 21.8 Å². The zero-order chi connectivity index (χ0) is 19.3. The van der Waals surface area contributed by atoms with Gasteiger partial charge in [-0.05, 0) is 60.5 Å². The lowest BCUT2D eigenvalue weighted by molar-refractivity contribution is 0.104. The number of benzene rings is 3. The molecule has 0 saturated heterocycles. The van der Waals surface area contributed by atoms with Gasteiger partial charge < -0.3 is 9.88 Å². The summed E-state index contributed by atoms with van der Waals surface area (Å²) in [4.78, 5) is 12.8. The lowest BCUT2D eigenvalue weighted by Crippen LogP contribution is -1.96. The Morgan fingerprint density at radius 2 is 1.82 bits per heavy atom. The Hall–Kier alpha value is -3.33. The minimum absolute atomic E-state index is 0.147. The third kappa shape index (κ3) is 2.47. The summed E-state index contributed by atoms with van der Waals surface area (Å²) in [5.74, 6) is 0.147. The van der Waals surface area contributed by atoms with Crippen LogP contribution in [0.3, 0.4) is 0 Å². The number of aromatic nitrogens is 1. The highest BCUT2D eigenvalue weighted by atomic mass is 16.1. The fourth-order valence-electron chi connectivity index (χ4n) is 4.39. The van der Waals surface area contributed by atoms with E-state index in [0.717, 1.165) is 34.5 Å². The molecule has 1 heterocycles. The van der Waals surface area contributed by atoms with Crippen molar-refractivity contribution >= 4 is 39.4 Å². The van der Waals surface area contributed by atoms with Gasteiger partial charge in [-0.25, -0.2) is 0 Å². The molecule has 0 spiro atoms. The number of anilines is 1. The van der Waals surface area contributed by atoms with Crippen molar-refractivity contribution in [1.29, 1.82) is 0 Å². The minimum atomic E-state index is 0.147. The van der Waals surface area contributed by atoms with Gasteiger partial charge in [-0.1, -0.05) is 24.3 Å². The number of ketones is 1. The zero-order valence-electron chi connectivity index (χ0n) is 16.1. The summed E-state index contributed by atoms with van der Waals surface area (Å²) in [5.41, 5.74) is 7.42. The molecule has 0 bridgehead atoms. The van der Waals surface area contributed by atoms with E-state index >= 15 is 0 Å². The molecule has 0 saturated carbocycles. The zero-order valence-corrected chi connectivity index (χ0v) is 16.1. The predicted molar refractivity (Wildman–Crippen MR) is 117 cm³/mol. The van der Waals surface area contributed by atoms with Crippen LogP contribution in [0, 0.1) is 0 Å². The number of allylic oxidation sites excluding steroid dienone is 1. The van der Waals surface area contributed by atoms with E-state index < -0.39 is 0 Å². The fraction of sp³-hybridized carbons (Fsp3) is 0.160. The smallest absolute Gasteiger partial charge is 0.189 e. The number of aryl methyl sites for hydroxylation is 1. The number of fused-ring (bicyclic) bond motifs is 4. The Kier molecular flexibility index (Phi) is 3.83. The van der Waals surface area contributed by atoms with Gasteiger partial charge in [0.1, 0.15) is 0 Å². The topological polar surface area (TPSA) is 34.0 Å². The van der Waals surface area contributed by atoms with Crippen molar-refractivity contribution in [3.63, 3.8) is 0 Å². The number of hydrogen-bond donors (Lipinski definition) is 1. The molecule has 0 aliphatic heterocycles. The van der Waals surface area contributed by atoms with E-state index in [1.807, 2.05) is 19.2 Å². The Bertz CT molecular complexity index is 1280. The summed E-state index contributed by atoms with van der Waals surface area (Å²) in [7, 11) is 1.90. The molecule has 138 valence electrons. The van der Waals surface area contributed by atoms with Crippen molar-refractivity contribution in [1.82, 2.24) is 4.57 Å². The molecule has 0 radical (unpaired) electrons. The van der Waals surface area contributed by atoms with E-state index in [2.05, 4.69) is 71.4 Å². The minimum Gasteiger partial charge on any atom is -0.388 e. The highest BCUT2D eigenvalue weighted by molar-refractivity contribution is 6.16. The van der Waals surface area contributed by atoms with Crippen molar-refractivity contribution in [2.75, 3.05) is 12.4 Å². The van der Waals surface area contributed by atoms with Gasteiger partial charge in [0.15, 0.2) is 5.78 Å². The Morgan fingerprint density at radius 1 is 1.00 bits per heavy atom. The van der Waals surface area contributed by atoms with Gasteiger partial charge in [-0.3, -0.25) is 4.79 Å². The number of carbonyl (C=O) groups excluding carboxylic acids is 1. The second-order valence-corrected chi connectivity index (χ2v) is 7.34. The molecule has 1 N–H and O–H groups in total. The standard InChI is InChI=1S/C25H22N2O/c1-3-27-23-7-5-4-6-21(23)22-13-16(8-11-24(22)27)12-18-14-17-15-19(26-2)9-10-20(17)25(18)28/h4-13,15,26H,3,14H2,1-2H3. The summed E-state index contributed by atoms with van der Waals surface area (Å²) in [5, 5.41) is 5.65. The molecule has 4 aromatic rings. The number of Topliss-reactive ketones (excluding diaryl/α,β-unsaturated/α-hetero) is 1. The van der Waals surface area contributed by atoms with Crippen LogP contribution in [0.2, 0.25) is 0 Å². The summed E-state index contributed by atoms with van der Waals surface area (Å²) in [6, 6.07) is 21.0. The summed E-state index contributed by atoms with van der Waals surface area (Å²) >= 11 is 0. The van der Waals surface area contributed by atoms with Crippen LogP contribution in [-0.4, -0.2) is 17.4 Å². The van der Waals surface area contributed by atoms with Crippen LogP contribution in [0.25, 0.3) is 27.9 Å². The van der Waals surface area contributed by atoms with E-state index in [4.69, 9.17) is 0 Å². The van der Waals surface area contributed by atoms with Crippen LogP contribution in [0.5, 0.6) is 0 Å². The van der Waals surface area contributed by atoms with Crippen LogP contribution in [0.4, 0.5) is 5.69 Å². The highest BCUT2D eigenvalue weighted by Gasteiger charge is 2.24. The monoisotopic (exact) mass is 366 g/mol. The molecule has 0 unspecified atom stereocenters. The van der Waals surface area contributed by atoms with E-state index in [9.17, 15) is 4.79 Å². The molecule has 3 heteroatoms. The van der Waals surface area contributed by atoms with Crippen molar-refractivity contribution < 1.29 is 4.79 Å². The average molecular weight is 366 g/mol. The maximum absolute atomic E-state index is 12.8. The molecule has 0 atom stereocenters. The highest BCUT2D eigenvalue weighted by Crippen LogP contribution is 2.33. The van der Waals surface area contributed by atoms with Crippen LogP contribution in [0.15, 0.2) is 66.2 Å². The number of carbonyl (C=O) groups is 1. The first-order valence-corrected chi connectivity index (χ1v) is 9.76. The summed E-state index contributed by atoms with van der Waals surface area (Å²) in [6.45, 7) is 3.11. The quantitative estimate of drug-likeness (QED) is 0.473. The van der Waals surface area contributed by atoms with Crippen LogP contribution >= 0.6 is 0 Å². The number of nitrogens with one attached hydrogen (secondary N) is 1. The SMILES string of the molecule is CCn1c2ccccc2c2cc(C=C3Cc4cc(NC)ccc4C3=O)ccc21. The molecular formula is C25H22N2O. The summed E-state index contributed by atoms with van der Waals surface area (Å²) < 4.78 is 2.34. The first-order valence-electron chi connectivity index (χ1n) is 9.76. The molecule has 1 aliphatic rings. The van der Waals surface area contributed by atoms with E-state index in [-0.39, 0.29) is 5.78 Å². The van der Waals surface area contributed by atoms with Crippen LogP contribution < -0.4 is 5.32 Å². The molecule has 0 fully saturated rings. The second-order valence-electron chi connectivity index (χ2n) is 7.34. The first kappa shape index (κ1) is 16.8. The predicted octanol–water partition coefficient (Wildman–Crippen LogP) is 5.68. The van der Waals surface area contributed by atoms with Gasteiger partial charge in [-0.15, -0.1) is 0 Å².